The number of esters is 2. The van der Waals surface area contributed by atoms with Crippen molar-refractivity contribution in [3.05, 3.63) is 70.8 Å². The van der Waals surface area contributed by atoms with E-state index >= 15 is 0 Å². The van der Waals surface area contributed by atoms with Crippen LogP contribution in [-0.2, 0) is 38.7 Å². The van der Waals surface area contributed by atoms with Crippen molar-refractivity contribution in [1.29, 1.82) is 0 Å². The highest BCUT2D eigenvalue weighted by atomic mass is 32.2. The summed E-state index contributed by atoms with van der Waals surface area (Å²) in [6.45, 7) is 12.3. The number of aliphatic imine (C=N–C) groups is 1. The van der Waals surface area contributed by atoms with E-state index in [0.29, 0.717) is 17.9 Å². The van der Waals surface area contributed by atoms with Gasteiger partial charge in [0, 0.05) is 24.3 Å². The first-order valence-electron chi connectivity index (χ1n) is 16.6. The van der Waals surface area contributed by atoms with Gasteiger partial charge in [0.05, 0.1) is 26.6 Å². The van der Waals surface area contributed by atoms with Crippen LogP contribution in [0.15, 0.2) is 53.5 Å². The van der Waals surface area contributed by atoms with Crippen LogP contribution in [0.4, 0.5) is 4.79 Å². The Morgan fingerprint density at radius 1 is 0.962 bits per heavy atom. The second kappa shape index (κ2) is 23.4. The highest BCUT2D eigenvalue weighted by molar-refractivity contribution is 7.85. The van der Waals surface area contributed by atoms with Gasteiger partial charge in [-0.25, -0.2) is 14.4 Å². The third-order valence-corrected chi connectivity index (χ3v) is 7.19. The first kappa shape index (κ1) is 47.9. The van der Waals surface area contributed by atoms with E-state index < -0.39 is 33.8 Å². The van der Waals surface area contributed by atoms with Gasteiger partial charge in [-0.1, -0.05) is 67.1 Å². The van der Waals surface area contributed by atoms with Crippen molar-refractivity contribution in [1.82, 2.24) is 5.32 Å². The number of aryl methyl sites for hydroxylation is 2. The molecule has 2 aliphatic rings. The van der Waals surface area contributed by atoms with Crippen molar-refractivity contribution in [3.8, 4) is 0 Å². The van der Waals surface area contributed by atoms with Crippen LogP contribution in [-0.4, -0.2) is 93.4 Å². The summed E-state index contributed by atoms with van der Waals surface area (Å²) in [4.78, 5) is 51.5. The Bertz CT molecular complexity index is 1530. The van der Waals surface area contributed by atoms with E-state index in [9.17, 15) is 27.6 Å². The van der Waals surface area contributed by atoms with Crippen LogP contribution in [0.1, 0.15) is 101 Å². The van der Waals surface area contributed by atoms with Gasteiger partial charge < -0.3 is 24.3 Å². The fourth-order valence-corrected chi connectivity index (χ4v) is 4.60. The normalized spacial score (nSPS) is 16.7. The number of carbonyl (C=O) groups excluding carboxylic acids is 4. The molecule has 2 aliphatic heterocycles. The zero-order valence-electron chi connectivity index (χ0n) is 31.2. The standard InChI is InChI=1S/C18H25NO5.C13H15NO2.C5H10O.CH4O3S.CH4/c1-12-6-8-13(9-7-12)15(20)11-10-14(16(21)23-5)19-17(22)24-18(2,3)4;1-9-3-5-10(6-4-9)11-7-8-12(14-11)13(15)16-2;1-5-3-2-4-6-5;1-5(2,3)4;/h6-9,14H,10-11H2,1-5H3,(H,19,22);3-6,12H,7-8H2,1-2H3;5H,2-4H2,1H3;1H3,(H,2,3,4);1H4/t14-;12-;;;/m00.../s1. The molecule has 52 heavy (non-hydrogen) atoms. The molecule has 1 saturated heterocycles. The predicted molar refractivity (Wildman–Crippen MR) is 202 cm³/mol. The number of benzene rings is 2. The van der Waals surface area contributed by atoms with Gasteiger partial charge in [0.15, 0.2) is 5.78 Å². The summed E-state index contributed by atoms with van der Waals surface area (Å²) in [6, 6.07) is 14.2. The summed E-state index contributed by atoms with van der Waals surface area (Å²) in [5.41, 5.74) is 4.30. The van der Waals surface area contributed by atoms with Crippen LogP contribution in [0.25, 0.3) is 0 Å². The summed E-state index contributed by atoms with van der Waals surface area (Å²) in [5.74, 6) is -0.949. The number of hydrogen-bond acceptors (Lipinski definition) is 11. The smallest absolute Gasteiger partial charge is 0.408 e. The Kier molecular flexibility index (Phi) is 21.6. The molecule has 14 heteroatoms. The summed E-state index contributed by atoms with van der Waals surface area (Å²) in [5, 5.41) is 2.45. The Labute approximate surface area is 309 Å². The number of alkyl carbamates (subject to hydrolysis) is 1. The molecule has 1 fully saturated rings. The van der Waals surface area contributed by atoms with Crippen molar-refractivity contribution < 1.29 is 51.1 Å². The molecule has 0 aromatic heterocycles. The molecule has 0 saturated carbocycles. The Hall–Kier alpha value is -4.14. The first-order chi connectivity index (χ1) is 23.7. The number of ketones is 1. The van der Waals surface area contributed by atoms with Crippen molar-refractivity contribution in [2.45, 2.75) is 111 Å². The molecule has 4 rings (SSSR count). The average Bonchev–Trinajstić information content (AvgIpc) is 3.74. The van der Waals surface area contributed by atoms with Crippen LogP contribution < -0.4 is 5.32 Å². The Morgan fingerprint density at radius 3 is 1.92 bits per heavy atom. The lowest BCUT2D eigenvalue weighted by atomic mass is 10.0. The zero-order chi connectivity index (χ0) is 38.8. The van der Waals surface area contributed by atoms with E-state index in [0.717, 1.165) is 36.3 Å². The van der Waals surface area contributed by atoms with E-state index in [1.807, 2.05) is 31.2 Å². The van der Waals surface area contributed by atoms with Crippen LogP contribution in [0, 0.1) is 13.8 Å². The molecule has 13 nitrogen and oxygen atoms in total. The Balaban J connectivity index is 0.000000788. The van der Waals surface area contributed by atoms with Crippen molar-refractivity contribution >= 4 is 39.6 Å². The van der Waals surface area contributed by atoms with Crippen molar-refractivity contribution in [2.24, 2.45) is 4.99 Å². The van der Waals surface area contributed by atoms with Gasteiger partial charge in [-0.3, -0.25) is 14.3 Å². The molecule has 0 spiro atoms. The molecular formula is C38H58N2O11S. The molecular weight excluding hydrogens is 692 g/mol. The number of rotatable bonds is 8. The molecule has 292 valence electrons. The topological polar surface area (TPSA) is 184 Å². The lowest BCUT2D eigenvalue weighted by molar-refractivity contribution is -0.143. The molecule has 1 amide bonds. The number of methoxy groups -OCH3 is 2. The van der Waals surface area contributed by atoms with E-state index in [1.165, 1.54) is 32.6 Å². The van der Waals surface area contributed by atoms with Gasteiger partial charge in [0.2, 0.25) is 0 Å². The third-order valence-electron chi connectivity index (χ3n) is 7.19. The van der Waals surface area contributed by atoms with Gasteiger partial charge in [-0.15, -0.1) is 0 Å². The largest absolute Gasteiger partial charge is 0.467 e. The maximum absolute atomic E-state index is 12.2. The quantitative estimate of drug-likeness (QED) is 0.130. The molecule has 2 aromatic rings. The van der Waals surface area contributed by atoms with Crippen LogP contribution in [0.5, 0.6) is 0 Å². The van der Waals surface area contributed by atoms with Crippen LogP contribution in [0.3, 0.4) is 0 Å². The monoisotopic (exact) mass is 750 g/mol. The molecule has 3 atom stereocenters. The summed E-state index contributed by atoms with van der Waals surface area (Å²) < 4.78 is 45.5. The molecule has 2 heterocycles. The highest BCUT2D eigenvalue weighted by Crippen LogP contribution is 2.20. The molecule has 2 N–H and O–H groups in total. The second-order valence-electron chi connectivity index (χ2n) is 13.1. The number of nitrogens with one attached hydrogen (secondary N) is 1. The van der Waals surface area contributed by atoms with E-state index in [-0.39, 0.29) is 38.1 Å². The fourth-order valence-electron chi connectivity index (χ4n) is 4.60. The lowest BCUT2D eigenvalue weighted by Gasteiger charge is -2.22. The molecule has 0 radical (unpaired) electrons. The second-order valence-corrected chi connectivity index (χ2v) is 14.6. The van der Waals surface area contributed by atoms with Gasteiger partial charge in [0.1, 0.15) is 17.7 Å². The fraction of sp³-hybridized carbons (Fsp3) is 0.553. The number of ether oxygens (including phenoxy) is 4. The van der Waals surface area contributed by atoms with Crippen molar-refractivity contribution in [2.75, 3.05) is 27.1 Å². The number of Topliss-reactive ketones (excluding diaryl/α,β-unsaturated/α-hetero) is 1. The number of nitrogens with zero attached hydrogens (tertiary/aromatic N) is 1. The summed E-state index contributed by atoms with van der Waals surface area (Å²) in [6.07, 6.45) is 4.93. The zero-order valence-corrected chi connectivity index (χ0v) is 32.0. The van der Waals surface area contributed by atoms with E-state index in [1.54, 1.807) is 32.9 Å². The van der Waals surface area contributed by atoms with Gasteiger partial charge in [-0.2, -0.15) is 8.42 Å². The number of carbonyl (C=O) groups is 4. The maximum atomic E-state index is 12.2. The average molecular weight is 751 g/mol. The van der Waals surface area contributed by atoms with E-state index in [2.05, 4.69) is 41.0 Å². The van der Waals surface area contributed by atoms with E-state index in [4.69, 9.17) is 18.8 Å². The molecule has 0 bridgehead atoms. The van der Waals surface area contributed by atoms with Gasteiger partial charge in [0.25, 0.3) is 10.1 Å². The minimum atomic E-state index is -3.67. The van der Waals surface area contributed by atoms with Crippen LogP contribution >= 0.6 is 0 Å². The summed E-state index contributed by atoms with van der Waals surface area (Å²) >= 11 is 0. The lowest BCUT2D eigenvalue weighted by Crippen LogP contribution is -2.44. The highest BCUT2D eigenvalue weighted by Gasteiger charge is 2.26. The number of amides is 1. The molecule has 0 aliphatic carbocycles. The van der Waals surface area contributed by atoms with Gasteiger partial charge in [-0.05, 0) is 79.2 Å². The first-order valence-corrected chi connectivity index (χ1v) is 18.5. The van der Waals surface area contributed by atoms with Gasteiger partial charge >= 0.3 is 18.0 Å². The SMILES string of the molecule is C.CC1CCCO1.COC(=O)[C@@H]1CCC(c2ccc(C)cc2)=N1.COC(=O)[C@H](CCC(=O)c1ccc(C)cc1)NC(=O)OC(C)(C)C.CS(=O)(=O)O. The Morgan fingerprint density at radius 2 is 1.50 bits per heavy atom. The molecule has 1 unspecified atom stereocenters. The minimum Gasteiger partial charge on any atom is -0.467 e. The maximum Gasteiger partial charge on any atom is 0.408 e. The third kappa shape index (κ3) is 21.3. The minimum absolute atomic E-state index is 0. The molecule has 2 aromatic carbocycles. The summed E-state index contributed by atoms with van der Waals surface area (Å²) in [7, 11) is -1.03. The van der Waals surface area contributed by atoms with Crippen molar-refractivity contribution in [3.63, 3.8) is 0 Å². The number of hydrogen-bond donors (Lipinski definition) is 2. The predicted octanol–water partition coefficient (Wildman–Crippen LogP) is 6.47. The van der Waals surface area contributed by atoms with Crippen LogP contribution in [0.2, 0.25) is 0 Å².